The van der Waals surface area contributed by atoms with E-state index in [4.69, 9.17) is 19.7 Å². The predicted molar refractivity (Wildman–Crippen MR) is 227 cm³/mol. The van der Waals surface area contributed by atoms with Crippen LogP contribution in [0.5, 0.6) is 5.75 Å². The first kappa shape index (κ1) is 31.0. The lowest BCUT2D eigenvalue weighted by Gasteiger charge is -2.29. The van der Waals surface area contributed by atoms with Crippen molar-refractivity contribution in [2.45, 2.75) is 19.6 Å². The van der Waals surface area contributed by atoms with E-state index < -0.39 is 8.07 Å². The summed E-state index contributed by atoms with van der Waals surface area (Å²) in [6.07, 6.45) is 0. The minimum Gasteiger partial charge on any atom is -0.497 e. The quantitative estimate of drug-likeness (QED) is 0.167. The molecule has 6 nitrogen and oxygen atoms in total. The van der Waals surface area contributed by atoms with E-state index in [1.54, 1.807) is 7.11 Å². The molecule has 4 aromatic heterocycles. The third kappa shape index (κ3) is 4.42. The highest BCUT2D eigenvalue weighted by molar-refractivity contribution is 6.88. The van der Waals surface area contributed by atoms with Crippen molar-refractivity contribution in [2.75, 3.05) is 7.11 Å². The van der Waals surface area contributed by atoms with Crippen LogP contribution in [0.15, 0.2) is 140 Å². The van der Waals surface area contributed by atoms with Crippen LogP contribution in [-0.2, 0) is 0 Å². The molecule has 0 saturated carbocycles. The minimum atomic E-state index is -1.49. The lowest BCUT2D eigenvalue weighted by atomic mass is 10.0. The Bertz CT molecular complexity index is 3280. The van der Waals surface area contributed by atoms with Crippen LogP contribution in [-0.4, -0.2) is 39.1 Å². The molecule has 7 aromatic carbocycles. The smallest absolute Gasteiger partial charge is 0.238 e. The molecule has 0 fully saturated rings. The van der Waals surface area contributed by atoms with Crippen molar-refractivity contribution in [3.05, 3.63) is 140 Å². The first-order valence-corrected chi connectivity index (χ1v) is 21.9. The van der Waals surface area contributed by atoms with Crippen LogP contribution < -0.4 is 9.92 Å². The fourth-order valence-electron chi connectivity index (χ4n) is 8.51. The van der Waals surface area contributed by atoms with Gasteiger partial charge in [0.15, 0.2) is 11.6 Å². The summed E-state index contributed by atoms with van der Waals surface area (Å²) in [5.41, 5.74) is 7.70. The Morgan fingerprint density at radius 3 is 1.83 bits per heavy atom. The van der Waals surface area contributed by atoms with Crippen LogP contribution in [0.25, 0.3) is 99.4 Å². The zero-order valence-corrected chi connectivity index (χ0v) is 31.4. The SMILES string of the molecule is COc1ccc(-c2nc(-c3ccc([Si-](C)(C)C)cc3)nc(-n3c4ccccc4c4c5cc6c7cccc8c9ccccc9n(c6cc5ccc43)c87)n2)cc1. The molecule has 259 valence electrons. The van der Waals surface area contributed by atoms with Gasteiger partial charge in [-0.25, -0.2) is 4.98 Å². The highest BCUT2D eigenvalue weighted by Crippen LogP contribution is 2.43. The number of ether oxygens (including phenoxy) is 1. The first-order valence-electron chi connectivity index (χ1n) is 18.4. The molecular formula is C47H35N5OSi-. The Labute approximate surface area is 312 Å². The summed E-state index contributed by atoms with van der Waals surface area (Å²) in [4.78, 5) is 15.5. The standard InChI is InChI=1S/C47H35N5OSi/c1-53-31-21-16-28(17-22-31)45-48-46(29-18-23-32(24-19-29)54(2,3)4)50-47(49-45)52-40-15-8-6-11-36(40)43-37-27-38-35-13-9-12-34-33-10-5-7-14-39(33)51(44(34)35)42(38)26-30(37)20-25-41(43)52/h5-27H,1-4H3/q-1. The van der Waals surface area contributed by atoms with Gasteiger partial charge in [0, 0.05) is 43.4 Å². The molecule has 0 radical (unpaired) electrons. The molecule has 0 saturated heterocycles. The summed E-state index contributed by atoms with van der Waals surface area (Å²) >= 11 is 0. The van der Waals surface area contributed by atoms with Gasteiger partial charge in [0.2, 0.25) is 5.95 Å². The van der Waals surface area contributed by atoms with Crippen LogP contribution in [0, 0.1) is 0 Å². The topological polar surface area (TPSA) is 57.2 Å². The number of hydrogen-bond donors (Lipinski definition) is 0. The van der Waals surface area contributed by atoms with Gasteiger partial charge in [-0.1, -0.05) is 84.9 Å². The highest BCUT2D eigenvalue weighted by atomic mass is 28.3. The second-order valence-corrected chi connectivity index (χ2v) is 20.4. The number of rotatable bonds is 5. The molecule has 0 unspecified atom stereocenters. The number of methoxy groups -OCH3 is 1. The zero-order valence-electron chi connectivity index (χ0n) is 30.4. The molecule has 0 spiro atoms. The largest absolute Gasteiger partial charge is 0.497 e. The van der Waals surface area contributed by atoms with Gasteiger partial charge in [0.05, 0.1) is 34.7 Å². The predicted octanol–water partition coefficient (Wildman–Crippen LogP) is 11.2. The summed E-state index contributed by atoms with van der Waals surface area (Å²) in [5.74, 6) is 2.62. The Kier molecular flexibility index (Phi) is 6.44. The second kappa shape index (κ2) is 11.2. The molecule has 4 heterocycles. The highest BCUT2D eigenvalue weighted by Gasteiger charge is 2.22. The fraction of sp³-hybridized carbons (Fsp3) is 0.0851. The van der Waals surface area contributed by atoms with Gasteiger partial charge in [0.1, 0.15) is 5.75 Å². The van der Waals surface area contributed by atoms with E-state index in [0.717, 1.165) is 33.3 Å². The Balaban J connectivity index is 1.19. The Hall–Kier alpha value is -6.57. The molecule has 0 aliphatic carbocycles. The van der Waals surface area contributed by atoms with Gasteiger partial charge in [0.25, 0.3) is 0 Å². The average molecular weight is 714 g/mol. The van der Waals surface area contributed by atoms with E-state index in [2.05, 4.69) is 144 Å². The van der Waals surface area contributed by atoms with Crippen molar-refractivity contribution in [3.63, 3.8) is 0 Å². The van der Waals surface area contributed by atoms with Crippen LogP contribution in [0.3, 0.4) is 0 Å². The monoisotopic (exact) mass is 713 g/mol. The zero-order chi connectivity index (χ0) is 36.3. The summed E-state index contributed by atoms with van der Waals surface area (Å²) in [5, 5.41) is 11.2. The van der Waals surface area contributed by atoms with E-state index in [9.17, 15) is 0 Å². The van der Waals surface area contributed by atoms with E-state index >= 15 is 0 Å². The molecule has 0 aliphatic heterocycles. The molecule has 54 heavy (non-hydrogen) atoms. The molecule has 11 rings (SSSR count). The normalized spacial score (nSPS) is 12.4. The van der Waals surface area contributed by atoms with Gasteiger partial charge in [-0.05, 0) is 65.4 Å². The molecule has 0 bridgehead atoms. The van der Waals surface area contributed by atoms with E-state index in [-0.39, 0.29) is 0 Å². The molecular weight excluding hydrogens is 679 g/mol. The maximum Gasteiger partial charge on any atom is 0.238 e. The number of benzene rings is 7. The average Bonchev–Trinajstić information content (AvgIpc) is 3.85. The van der Waals surface area contributed by atoms with Crippen molar-refractivity contribution in [1.29, 1.82) is 0 Å². The van der Waals surface area contributed by atoms with Gasteiger partial charge < -0.3 is 9.14 Å². The Morgan fingerprint density at radius 2 is 1.13 bits per heavy atom. The summed E-state index contributed by atoms with van der Waals surface area (Å²) < 4.78 is 10.1. The summed E-state index contributed by atoms with van der Waals surface area (Å²) in [7, 11) is 0.194. The van der Waals surface area contributed by atoms with Crippen LogP contribution in [0.1, 0.15) is 0 Å². The van der Waals surface area contributed by atoms with Crippen molar-refractivity contribution >= 4 is 83.9 Å². The van der Waals surface area contributed by atoms with Crippen molar-refractivity contribution < 1.29 is 4.74 Å². The first-order chi connectivity index (χ1) is 26.4. The summed E-state index contributed by atoms with van der Waals surface area (Å²) in [6, 6.07) is 50.0. The van der Waals surface area contributed by atoms with Crippen molar-refractivity contribution in [1.82, 2.24) is 23.9 Å². The lowest BCUT2D eigenvalue weighted by molar-refractivity contribution is 0.415. The summed E-state index contributed by atoms with van der Waals surface area (Å²) in [6.45, 7) is 7.10. The molecule has 11 aromatic rings. The number of fused-ring (bicyclic) bond motifs is 11. The number of aromatic nitrogens is 5. The molecule has 0 N–H and O–H groups in total. The van der Waals surface area contributed by atoms with E-state index in [1.165, 1.54) is 59.4 Å². The Morgan fingerprint density at radius 1 is 0.500 bits per heavy atom. The maximum atomic E-state index is 5.47. The van der Waals surface area contributed by atoms with Gasteiger partial charge in [-0.2, -0.15) is 34.8 Å². The van der Waals surface area contributed by atoms with Crippen LogP contribution in [0.2, 0.25) is 19.6 Å². The number of hydrogen-bond acceptors (Lipinski definition) is 4. The fourth-order valence-corrected chi connectivity index (χ4v) is 9.68. The third-order valence-electron chi connectivity index (χ3n) is 11.2. The third-order valence-corrected chi connectivity index (χ3v) is 13.2. The van der Waals surface area contributed by atoms with Crippen molar-refractivity contribution in [3.8, 4) is 34.5 Å². The number of para-hydroxylation sites is 3. The van der Waals surface area contributed by atoms with Gasteiger partial charge in [-0.3, -0.25) is 4.57 Å². The molecule has 7 heteroatoms. The van der Waals surface area contributed by atoms with Gasteiger partial charge in [-0.15, -0.1) is 8.07 Å². The van der Waals surface area contributed by atoms with Crippen LogP contribution >= 0.6 is 0 Å². The van der Waals surface area contributed by atoms with Crippen molar-refractivity contribution in [2.24, 2.45) is 0 Å². The van der Waals surface area contributed by atoms with E-state index in [1.807, 2.05) is 24.3 Å². The lowest BCUT2D eigenvalue weighted by Crippen LogP contribution is -2.37. The second-order valence-electron chi connectivity index (χ2n) is 15.3. The van der Waals surface area contributed by atoms with E-state index in [0.29, 0.717) is 17.6 Å². The maximum absolute atomic E-state index is 5.47. The molecule has 0 amide bonds. The molecule has 0 aliphatic rings. The minimum absolute atomic E-state index is 0.582. The van der Waals surface area contributed by atoms with Gasteiger partial charge >= 0.3 is 0 Å². The number of nitrogens with zero attached hydrogens (tertiary/aromatic N) is 5. The van der Waals surface area contributed by atoms with Crippen LogP contribution in [0.4, 0.5) is 0 Å². The molecule has 0 atom stereocenters.